The Morgan fingerprint density at radius 2 is 1.95 bits per heavy atom. The number of rotatable bonds is 8. The monoisotopic (exact) mass is 285 g/mol. The second-order valence-corrected chi connectivity index (χ2v) is 5.96. The van der Waals surface area contributed by atoms with E-state index in [0.717, 1.165) is 43.1 Å². The van der Waals surface area contributed by atoms with Gasteiger partial charge in [0.25, 0.3) is 0 Å². The molecule has 1 unspecified atom stereocenters. The van der Waals surface area contributed by atoms with Gasteiger partial charge in [-0.3, -0.25) is 4.68 Å². The second-order valence-electron chi connectivity index (χ2n) is 5.58. The lowest BCUT2D eigenvalue weighted by molar-refractivity contribution is 0.447. The van der Waals surface area contributed by atoms with Crippen molar-refractivity contribution in [2.24, 2.45) is 5.92 Å². The van der Waals surface area contributed by atoms with Gasteiger partial charge in [-0.1, -0.05) is 39.3 Å². The van der Waals surface area contributed by atoms with Gasteiger partial charge < -0.3 is 5.32 Å². The molecule has 0 radical (unpaired) electrons. The summed E-state index contributed by atoms with van der Waals surface area (Å²) in [6, 6.07) is 0.555. The zero-order valence-electron chi connectivity index (χ0n) is 13.0. The second kappa shape index (κ2) is 7.91. The minimum absolute atomic E-state index is 0.555. The molecule has 0 spiro atoms. The normalized spacial score (nSPS) is 13.2. The van der Waals surface area contributed by atoms with E-state index in [0.29, 0.717) is 12.0 Å². The number of halogens is 1. The molecule has 0 aliphatic heterocycles. The summed E-state index contributed by atoms with van der Waals surface area (Å²) in [6.07, 6.45) is 3.07. The van der Waals surface area contributed by atoms with Crippen molar-refractivity contribution < 1.29 is 0 Å². The van der Waals surface area contributed by atoms with Crippen molar-refractivity contribution in [2.75, 3.05) is 6.54 Å². The fourth-order valence-corrected chi connectivity index (χ4v) is 2.54. The lowest BCUT2D eigenvalue weighted by Gasteiger charge is -2.15. The molecule has 0 amide bonds. The molecule has 0 fully saturated rings. The average Bonchev–Trinajstić information content (AvgIpc) is 2.69. The maximum Gasteiger partial charge on any atom is 0.0849 e. The minimum atomic E-state index is 0.555. The Morgan fingerprint density at radius 1 is 1.26 bits per heavy atom. The van der Waals surface area contributed by atoms with Crippen LogP contribution in [0.15, 0.2) is 0 Å². The number of hydrogen-bond donors (Lipinski definition) is 1. The van der Waals surface area contributed by atoms with E-state index in [2.05, 4.69) is 49.7 Å². The molecular weight excluding hydrogens is 258 g/mol. The lowest BCUT2D eigenvalue weighted by atomic mass is 10.0. The summed E-state index contributed by atoms with van der Waals surface area (Å²) in [7, 11) is 0. The van der Waals surface area contributed by atoms with Crippen LogP contribution in [0.2, 0.25) is 5.02 Å². The molecule has 1 N–H and O–H groups in total. The van der Waals surface area contributed by atoms with E-state index in [1.807, 2.05) is 0 Å². The molecule has 1 aromatic rings. The van der Waals surface area contributed by atoms with Crippen LogP contribution in [0.1, 0.15) is 52.4 Å². The lowest BCUT2D eigenvalue weighted by Crippen LogP contribution is -2.28. The predicted molar refractivity (Wildman–Crippen MR) is 82.9 cm³/mol. The Labute approximate surface area is 122 Å². The molecule has 3 nitrogen and oxygen atoms in total. The van der Waals surface area contributed by atoms with Crippen LogP contribution in [0.25, 0.3) is 0 Å². The van der Waals surface area contributed by atoms with E-state index in [9.17, 15) is 0 Å². The maximum absolute atomic E-state index is 6.42. The molecule has 0 saturated carbocycles. The summed E-state index contributed by atoms with van der Waals surface area (Å²) in [5.74, 6) is 0.656. The number of aromatic nitrogens is 2. The molecule has 19 heavy (non-hydrogen) atoms. The van der Waals surface area contributed by atoms with Gasteiger partial charge in [0, 0.05) is 12.6 Å². The summed E-state index contributed by atoms with van der Waals surface area (Å²) < 4.78 is 2.06. The third kappa shape index (κ3) is 4.81. The Morgan fingerprint density at radius 3 is 2.47 bits per heavy atom. The van der Waals surface area contributed by atoms with E-state index in [1.54, 1.807) is 0 Å². The van der Waals surface area contributed by atoms with E-state index >= 15 is 0 Å². The third-order valence-electron chi connectivity index (χ3n) is 3.44. The molecule has 0 bridgehead atoms. The highest BCUT2D eigenvalue weighted by molar-refractivity contribution is 6.31. The van der Waals surface area contributed by atoms with Crippen LogP contribution in [0, 0.1) is 5.92 Å². The van der Waals surface area contributed by atoms with Gasteiger partial charge in [0.2, 0.25) is 0 Å². The molecule has 0 aliphatic rings. The maximum atomic E-state index is 6.42. The average molecular weight is 286 g/mol. The van der Waals surface area contributed by atoms with E-state index < -0.39 is 0 Å². The Hall–Kier alpha value is -0.540. The minimum Gasteiger partial charge on any atom is -0.314 e. The van der Waals surface area contributed by atoms with Crippen molar-refractivity contribution in [2.45, 2.75) is 66.5 Å². The first-order chi connectivity index (χ1) is 8.99. The first-order valence-electron chi connectivity index (χ1n) is 7.46. The highest BCUT2D eigenvalue weighted by Crippen LogP contribution is 2.23. The molecule has 0 saturated heterocycles. The Kier molecular flexibility index (Phi) is 6.87. The first-order valence-corrected chi connectivity index (χ1v) is 7.84. The predicted octanol–water partition coefficient (Wildman–Crippen LogP) is 3.69. The van der Waals surface area contributed by atoms with Gasteiger partial charge >= 0.3 is 0 Å². The first kappa shape index (κ1) is 16.5. The van der Waals surface area contributed by atoms with E-state index in [-0.39, 0.29) is 0 Å². The number of hydrogen-bond acceptors (Lipinski definition) is 2. The van der Waals surface area contributed by atoms with E-state index in [1.165, 1.54) is 5.69 Å². The van der Waals surface area contributed by atoms with Gasteiger partial charge in [0.1, 0.15) is 0 Å². The van der Waals surface area contributed by atoms with Crippen LogP contribution in [0.3, 0.4) is 0 Å². The smallest absolute Gasteiger partial charge is 0.0849 e. The molecule has 4 heteroatoms. The highest BCUT2D eigenvalue weighted by Gasteiger charge is 2.15. The van der Waals surface area contributed by atoms with Crippen LogP contribution in [-0.2, 0) is 19.4 Å². The topological polar surface area (TPSA) is 29.9 Å². The van der Waals surface area contributed by atoms with Crippen molar-refractivity contribution in [1.29, 1.82) is 0 Å². The quantitative estimate of drug-likeness (QED) is 0.789. The number of nitrogens with one attached hydrogen (secondary N) is 1. The van der Waals surface area contributed by atoms with Crippen LogP contribution in [-0.4, -0.2) is 22.4 Å². The van der Waals surface area contributed by atoms with Gasteiger partial charge in [0.15, 0.2) is 0 Å². The Balaban J connectivity index is 2.59. The van der Waals surface area contributed by atoms with Crippen molar-refractivity contribution >= 4 is 11.6 Å². The SMILES string of the molecule is CCc1nn(CC)c(CCC(C)CNC(C)C)c1Cl. The molecule has 110 valence electrons. The highest BCUT2D eigenvalue weighted by atomic mass is 35.5. The molecule has 1 heterocycles. The zero-order valence-corrected chi connectivity index (χ0v) is 13.7. The zero-order chi connectivity index (χ0) is 14.4. The van der Waals surface area contributed by atoms with Gasteiger partial charge in [-0.15, -0.1) is 0 Å². The number of nitrogens with zero attached hydrogens (tertiary/aromatic N) is 2. The Bertz CT molecular complexity index is 385. The van der Waals surface area contributed by atoms with Crippen molar-refractivity contribution in [3.63, 3.8) is 0 Å². The molecule has 0 aromatic carbocycles. The fourth-order valence-electron chi connectivity index (χ4n) is 2.18. The summed E-state index contributed by atoms with van der Waals surface area (Å²) in [4.78, 5) is 0. The van der Waals surface area contributed by atoms with Gasteiger partial charge in [-0.05, 0) is 38.6 Å². The van der Waals surface area contributed by atoms with Gasteiger partial charge in [-0.25, -0.2) is 0 Å². The van der Waals surface area contributed by atoms with Crippen LogP contribution in [0.5, 0.6) is 0 Å². The van der Waals surface area contributed by atoms with Crippen LogP contribution >= 0.6 is 11.6 Å². The van der Waals surface area contributed by atoms with Crippen molar-refractivity contribution in [1.82, 2.24) is 15.1 Å². The fraction of sp³-hybridized carbons (Fsp3) is 0.800. The van der Waals surface area contributed by atoms with Gasteiger partial charge in [0.05, 0.1) is 16.4 Å². The number of aryl methyl sites for hydroxylation is 2. The van der Waals surface area contributed by atoms with Crippen molar-refractivity contribution in [3.8, 4) is 0 Å². The van der Waals surface area contributed by atoms with Crippen molar-refractivity contribution in [3.05, 3.63) is 16.4 Å². The third-order valence-corrected chi connectivity index (χ3v) is 3.88. The largest absolute Gasteiger partial charge is 0.314 e. The summed E-state index contributed by atoms with van der Waals surface area (Å²) in [6.45, 7) is 12.8. The van der Waals surface area contributed by atoms with E-state index in [4.69, 9.17) is 11.6 Å². The van der Waals surface area contributed by atoms with Crippen LogP contribution < -0.4 is 5.32 Å². The summed E-state index contributed by atoms with van der Waals surface area (Å²) in [5.41, 5.74) is 2.24. The van der Waals surface area contributed by atoms with Gasteiger partial charge in [-0.2, -0.15) is 5.10 Å². The molecule has 1 rings (SSSR count). The molecule has 1 aromatic heterocycles. The molecular formula is C15H28ClN3. The summed E-state index contributed by atoms with van der Waals surface area (Å²) >= 11 is 6.42. The molecule has 1 atom stereocenters. The van der Waals surface area contributed by atoms with Crippen LogP contribution in [0.4, 0.5) is 0 Å². The molecule has 0 aliphatic carbocycles. The summed E-state index contributed by atoms with van der Waals surface area (Å²) in [5, 5.41) is 8.94. The standard InChI is InChI=1S/C15H28ClN3/c1-6-13-15(16)14(19(7-2)18-13)9-8-12(5)10-17-11(3)4/h11-12,17H,6-10H2,1-5H3.